The molecule has 0 fully saturated rings. The van der Waals surface area contributed by atoms with Gasteiger partial charge in [0, 0.05) is 0 Å². The zero-order valence-electron chi connectivity index (χ0n) is 11.6. The molecule has 108 valence electrons. The quantitative estimate of drug-likeness (QED) is 0.694. The number of halogens is 1. The molecule has 0 aliphatic rings. The van der Waals surface area contributed by atoms with Crippen LogP contribution in [-0.2, 0) is 6.42 Å². The molecular weight excluding hydrogens is 326 g/mol. The van der Waals surface area contributed by atoms with Crippen LogP contribution in [0.1, 0.15) is 18.9 Å². The number of benzene rings is 1. The summed E-state index contributed by atoms with van der Waals surface area (Å²) in [6.07, 6.45) is 3.97. The van der Waals surface area contributed by atoms with E-state index < -0.39 is 0 Å². The van der Waals surface area contributed by atoms with Crippen molar-refractivity contribution in [3.05, 3.63) is 22.2 Å². The van der Waals surface area contributed by atoms with Crippen LogP contribution in [0.2, 0.25) is 0 Å². The molecule has 0 unspecified atom stereocenters. The average Bonchev–Trinajstić information content (AvgIpc) is 2.38. The van der Waals surface area contributed by atoms with E-state index in [0.29, 0.717) is 19.8 Å². The monoisotopic (exact) mass is 347 g/mol. The van der Waals surface area contributed by atoms with Crippen LogP contribution in [0.15, 0.2) is 16.6 Å². The molecule has 1 aromatic rings. The molecule has 0 atom stereocenters. The standard InChI is InChI=1S/C14H22BrNO2S/c1-3-17-13-10-11(5-6-16)9-12(15)14(13)18-7-4-8-19-2/h9-10H,3-8,16H2,1-2H3. The molecule has 0 saturated carbocycles. The number of ether oxygens (including phenoxy) is 2. The molecule has 3 nitrogen and oxygen atoms in total. The second kappa shape index (κ2) is 9.50. The highest BCUT2D eigenvalue weighted by Crippen LogP contribution is 2.37. The van der Waals surface area contributed by atoms with Crippen molar-refractivity contribution in [2.24, 2.45) is 5.73 Å². The van der Waals surface area contributed by atoms with E-state index in [9.17, 15) is 0 Å². The summed E-state index contributed by atoms with van der Waals surface area (Å²) in [5.41, 5.74) is 6.76. The van der Waals surface area contributed by atoms with Gasteiger partial charge in [-0.3, -0.25) is 0 Å². The van der Waals surface area contributed by atoms with E-state index in [2.05, 4.69) is 28.3 Å². The molecule has 1 aromatic carbocycles. The summed E-state index contributed by atoms with van der Waals surface area (Å²) in [6, 6.07) is 4.07. The van der Waals surface area contributed by atoms with Gasteiger partial charge in [0.25, 0.3) is 0 Å². The largest absolute Gasteiger partial charge is 0.490 e. The van der Waals surface area contributed by atoms with Crippen molar-refractivity contribution in [1.82, 2.24) is 0 Å². The van der Waals surface area contributed by atoms with Gasteiger partial charge in [0.05, 0.1) is 17.7 Å². The fraction of sp³-hybridized carbons (Fsp3) is 0.571. The van der Waals surface area contributed by atoms with Gasteiger partial charge in [-0.2, -0.15) is 11.8 Å². The molecule has 0 amide bonds. The summed E-state index contributed by atoms with van der Waals surface area (Å²) in [6.45, 7) is 3.93. The Labute approximate surface area is 128 Å². The molecular formula is C14H22BrNO2S. The summed E-state index contributed by atoms with van der Waals surface area (Å²) in [5.74, 6) is 2.69. The predicted octanol–water partition coefficient (Wildman–Crippen LogP) is 3.48. The van der Waals surface area contributed by atoms with Gasteiger partial charge in [0.15, 0.2) is 11.5 Å². The van der Waals surface area contributed by atoms with Crippen molar-refractivity contribution in [2.45, 2.75) is 19.8 Å². The molecule has 0 spiro atoms. The lowest BCUT2D eigenvalue weighted by Gasteiger charge is -2.15. The third-order valence-electron chi connectivity index (χ3n) is 2.54. The van der Waals surface area contributed by atoms with Crippen LogP contribution in [0.25, 0.3) is 0 Å². The molecule has 0 aliphatic heterocycles. The normalized spacial score (nSPS) is 10.5. The zero-order chi connectivity index (χ0) is 14.1. The fourth-order valence-corrected chi connectivity index (χ4v) is 2.72. The molecule has 0 bridgehead atoms. The lowest BCUT2D eigenvalue weighted by atomic mass is 10.1. The minimum Gasteiger partial charge on any atom is -0.490 e. The van der Waals surface area contributed by atoms with Crippen molar-refractivity contribution in [3.8, 4) is 11.5 Å². The third kappa shape index (κ3) is 5.63. The second-order valence-corrected chi connectivity index (χ2v) is 5.91. The molecule has 5 heteroatoms. The van der Waals surface area contributed by atoms with Crippen LogP contribution in [0.5, 0.6) is 11.5 Å². The Morgan fingerprint density at radius 3 is 2.74 bits per heavy atom. The van der Waals surface area contributed by atoms with Crippen LogP contribution in [0.4, 0.5) is 0 Å². The van der Waals surface area contributed by atoms with Crippen LogP contribution in [0.3, 0.4) is 0 Å². The highest BCUT2D eigenvalue weighted by atomic mass is 79.9. The van der Waals surface area contributed by atoms with E-state index in [1.165, 1.54) is 0 Å². The van der Waals surface area contributed by atoms with Gasteiger partial charge in [0.2, 0.25) is 0 Å². The average molecular weight is 348 g/mol. The van der Waals surface area contributed by atoms with E-state index in [1.807, 2.05) is 24.8 Å². The molecule has 0 heterocycles. The second-order valence-electron chi connectivity index (χ2n) is 4.07. The van der Waals surface area contributed by atoms with E-state index in [-0.39, 0.29) is 0 Å². The smallest absolute Gasteiger partial charge is 0.175 e. The maximum absolute atomic E-state index is 5.84. The number of thioether (sulfide) groups is 1. The van der Waals surface area contributed by atoms with Crippen molar-refractivity contribution >= 4 is 27.7 Å². The first-order valence-corrected chi connectivity index (χ1v) is 8.68. The first kappa shape index (κ1) is 16.7. The lowest BCUT2D eigenvalue weighted by Crippen LogP contribution is -2.06. The highest BCUT2D eigenvalue weighted by molar-refractivity contribution is 9.10. The first-order valence-electron chi connectivity index (χ1n) is 6.50. The molecule has 19 heavy (non-hydrogen) atoms. The number of nitrogens with two attached hydrogens (primary N) is 1. The molecule has 1 rings (SSSR count). The van der Waals surface area contributed by atoms with Gasteiger partial charge in [-0.15, -0.1) is 0 Å². The molecule has 0 aromatic heterocycles. The van der Waals surface area contributed by atoms with E-state index in [4.69, 9.17) is 15.2 Å². The van der Waals surface area contributed by atoms with Crippen molar-refractivity contribution in [1.29, 1.82) is 0 Å². The Morgan fingerprint density at radius 2 is 2.11 bits per heavy atom. The Bertz CT molecular complexity index is 388. The van der Waals surface area contributed by atoms with Gasteiger partial charge in [-0.25, -0.2) is 0 Å². The Kier molecular flexibility index (Phi) is 8.34. The predicted molar refractivity (Wildman–Crippen MR) is 86.6 cm³/mol. The van der Waals surface area contributed by atoms with Crippen LogP contribution in [-0.4, -0.2) is 31.8 Å². The molecule has 0 saturated heterocycles. The lowest BCUT2D eigenvalue weighted by molar-refractivity contribution is 0.276. The van der Waals surface area contributed by atoms with Crippen LogP contribution in [0, 0.1) is 0 Å². The fourth-order valence-electron chi connectivity index (χ4n) is 1.71. The first-order chi connectivity index (χ1) is 9.22. The van der Waals surface area contributed by atoms with Crippen LogP contribution < -0.4 is 15.2 Å². The number of hydrogen-bond acceptors (Lipinski definition) is 4. The maximum atomic E-state index is 5.84. The van der Waals surface area contributed by atoms with Crippen molar-refractivity contribution in [3.63, 3.8) is 0 Å². The van der Waals surface area contributed by atoms with Gasteiger partial charge < -0.3 is 15.2 Å². The third-order valence-corrected chi connectivity index (χ3v) is 3.83. The van der Waals surface area contributed by atoms with Gasteiger partial charge >= 0.3 is 0 Å². The molecule has 0 aliphatic carbocycles. The molecule has 2 N–H and O–H groups in total. The molecule has 0 radical (unpaired) electrons. The summed E-state index contributed by atoms with van der Waals surface area (Å²) in [4.78, 5) is 0. The Balaban J connectivity index is 2.81. The van der Waals surface area contributed by atoms with Gasteiger partial charge in [-0.1, -0.05) is 0 Å². The Hall–Kier alpha value is -0.390. The van der Waals surface area contributed by atoms with Gasteiger partial charge in [-0.05, 0) is 71.9 Å². The van der Waals surface area contributed by atoms with E-state index in [1.54, 1.807) is 0 Å². The summed E-state index contributed by atoms with van der Waals surface area (Å²) in [7, 11) is 0. The topological polar surface area (TPSA) is 44.5 Å². The number of hydrogen-bond donors (Lipinski definition) is 1. The summed E-state index contributed by atoms with van der Waals surface area (Å²) >= 11 is 5.38. The van der Waals surface area contributed by atoms with E-state index in [0.717, 1.165) is 40.1 Å². The van der Waals surface area contributed by atoms with E-state index >= 15 is 0 Å². The summed E-state index contributed by atoms with van der Waals surface area (Å²) in [5, 5.41) is 0. The van der Waals surface area contributed by atoms with Gasteiger partial charge in [0.1, 0.15) is 0 Å². The van der Waals surface area contributed by atoms with Crippen LogP contribution >= 0.6 is 27.7 Å². The number of rotatable bonds is 9. The zero-order valence-corrected chi connectivity index (χ0v) is 14.0. The highest BCUT2D eigenvalue weighted by Gasteiger charge is 2.12. The van der Waals surface area contributed by atoms with Crippen molar-refractivity contribution < 1.29 is 9.47 Å². The van der Waals surface area contributed by atoms with Crippen molar-refractivity contribution in [2.75, 3.05) is 31.8 Å². The minimum absolute atomic E-state index is 0.625. The minimum atomic E-state index is 0.625. The SMILES string of the molecule is CCOc1cc(CCN)cc(Br)c1OCCCSC. The maximum Gasteiger partial charge on any atom is 0.175 e. The summed E-state index contributed by atoms with van der Waals surface area (Å²) < 4.78 is 12.4. The Morgan fingerprint density at radius 1 is 1.32 bits per heavy atom.